The predicted molar refractivity (Wildman–Crippen MR) is 79.8 cm³/mol. The summed E-state index contributed by atoms with van der Waals surface area (Å²) in [7, 11) is 0. The number of para-hydroxylation sites is 1. The predicted octanol–water partition coefficient (Wildman–Crippen LogP) is 4.19. The van der Waals surface area contributed by atoms with Gasteiger partial charge in [0.1, 0.15) is 17.1 Å². The zero-order valence-electron chi connectivity index (χ0n) is 11.7. The zero-order valence-corrected chi connectivity index (χ0v) is 11.7. The lowest BCUT2D eigenvalue weighted by molar-refractivity contribution is 0.476. The average Bonchev–Trinajstić information content (AvgIpc) is 3.20. The first-order valence-electron chi connectivity index (χ1n) is 7.11. The van der Waals surface area contributed by atoms with E-state index < -0.39 is 0 Å². The Balaban J connectivity index is 2.03. The van der Waals surface area contributed by atoms with Crippen LogP contribution in [0.3, 0.4) is 0 Å². The van der Waals surface area contributed by atoms with Crippen LogP contribution >= 0.6 is 0 Å². The van der Waals surface area contributed by atoms with E-state index in [9.17, 15) is 9.50 Å². The number of halogens is 1. The number of nitrogens with zero attached hydrogens (tertiary/aromatic N) is 2. The van der Waals surface area contributed by atoms with E-state index in [4.69, 9.17) is 0 Å². The van der Waals surface area contributed by atoms with E-state index in [1.54, 1.807) is 12.1 Å². The van der Waals surface area contributed by atoms with Gasteiger partial charge in [0.15, 0.2) is 5.82 Å². The molecule has 3 aromatic rings. The maximum absolute atomic E-state index is 14.0. The van der Waals surface area contributed by atoms with Crippen LogP contribution in [0.15, 0.2) is 36.4 Å². The lowest BCUT2D eigenvalue weighted by atomic mass is 10.1. The molecule has 3 nitrogen and oxygen atoms in total. The number of phenolic OH excluding ortho intramolecular Hbond substituents is 1. The largest absolute Gasteiger partial charge is 0.507 e. The van der Waals surface area contributed by atoms with Crippen molar-refractivity contribution in [2.24, 2.45) is 0 Å². The van der Waals surface area contributed by atoms with Crippen LogP contribution in [0.4, 0.5) is 4.39 Å². The molecule has 1 aromatic heterocycles. The molecule has 0 aliphatic heterocycles. The molecule has 2 aromatic carbocycles. The van der Waals surface area contributed by atoms with E-state index in [1.165, 1.54) is 6.07 Å². The summed E-state index contributed by atoms with van der Waals surface area (Å²) in [5.74, 6) is 0.516. The van der Waals surface area contributed by atoms with E-state index in [2.05, 4.69) is 9.55 Å². The molecule has 1 heterocycles. The van der Waals surface area contributed by atoms with Gasteiger partial charge in [-0.05, 0) is 49.6 Å². The molecular formula is C17H15FN2O. The van der Waals surface area contributed by atoms with Crippen LogP contribution in [0.2, 0.25) is 0 Å². The quantitative estimate of drug-likeness (QED) is 0.765. The highest BCUT2D eigenvalue weighted by Gasteiger charge is 2.30. The minimum atomic E-state index is -0.320. The van der Waals surface area contributed by atoms with Gasteiger partial charge in [-0.3, -0.25) is 0 Å². The summed E-state index contributed by atoms with van der Waals surface area (Å²) in [6, 6.07) is 10.9. The van der Waals surface area contributed by atoms with Crippen LogP contribution < -0.4 is 0 Å². The molecule has 0 unspecified atom stereocenters. The van der Waals surface area contributed by atoms with Crippen LogP contribution in [0, 0.1) is 12.7 Å². The van der Waals surface area contributed by atoms with Gasteiger partial charge in [0.2, 0.25) is 0 Å². The normalized spacial score (nSPS) is 14.8. The minimum absolute atomic E-state index is 0.188. The monoisotopic (exact) mass is 282 g/mol. The molecule has 0 saturated heterocycles. The Hall–Kier alpha value is -2.36. The first-order chi connectivity index (χ1) is 10.1. The second-order valence-electron chi connectivity index (χ2n) is 5.66. The fraction of sp³-hybridized carbons (Fsp3) is 0.235. The van der Waals surface area contributed by atoms with Crippen LogP contribution in [0.5, 0.6) is 5.75 Å². The fourth-order valence-corrected chi connectivity index (χ4v) is 2.81. The van der Waals surface area contributed by atoms with Gasteiger partial charge in [-0.15, -0.1) is 0 Å². The maximum Gasteiger partial charge on any atom is 0.151 e. The first-order valence-corrected chi connectivity index (χ1v) is 7.11. The molecule has 4 heteroatoms. The van der Waals surface area contributed by atoms with Gasteiger partial charge in [0.25, 0.3) is 0 Å². The third-order valence-electron chi connectivity index (χ3n) is 3.98. The minimum Gasteiger partial charge on any atom is -0.507 e. The molecule has 106 valence electrons. The average molecular weight is 282 g/mol. The maximum atomic E-state index is 14.0. The number of hydrogen-bond acceptors (Lipinski definition) is 2. The van der Waals surface area contributed by atoms with Crippen LogP contribution in [0.1, 0.15) is 24.4 Å². The number of fused-ring (bicyclic) bond motifs is 1. The second-order valence-corrected chi connectivity index (χ2v) is 5.66. The molecule has 0 atom stereocenters. The molecule has 1 fully saturated rings. The Morgan fingerprint density at radius 1 is 1.24 bits per heavy atom. The Morgan fingerprint density at radius 3 is 2.76 bits per heavy atom. The van der Waals surface area contributed by atoms with Gasteiger partial charge in [-0.2, -0.15) is 0 Å². The number of aromatic nitrogens is 2. The van der Waals surface area contributed by atoms with Gasteiger partial charge in [-0.25, -0.2) is 9.37 Å². The van der Waals surface area contributed by atoms with Crippen molar-refractivity contribution in [1.82, 2.24) is 9.55 Å². The fourth-order valence-electron chi connectivity index (χ4n) is 2.81. The van der Waals surface area contributed by atoms with E-state index >= 15 is 0 Å². The van der Waals surface area contributed by atoms with Crippen molar-refractivity contribution in [3.05, 3.63) is 47.8 Å². The molecule has 0 radical (unpaired) electrons. The summed E-state index contributed by atoms with van der Waals surface area (Å²) in [6.07, 6.45) is 2.14. The van der Waals surface area contributed by atoms with Crippen molar-refractivity contribution in [3.63, 3.8) is 0 Å². The smallest absolute Gasteiger partial charge is 0.151 e. The van der Waals surface area contributed by atoms with Crippen molar-refractivity contribution < 1.29 is 9.50 Å². The molecule has 21 heavy (non-hydrogen) atoms. The number of benzene rings is 2. The lowest BCUT2D eigenvalue weighted by Gasteiger charge is -2.09. The Bertz CT molecular complexity index is 849. The Labute approximate surface area is 121 Å². The van der Waals surface area contributed by atoms with Crippen molar-refractivity contribution in [3.8, 4) is 17.1 Å². The summed E-state index contributed by atoms with van der Waals surface area (Å²) in [4.78, 5) is 4.46. The number of imidazole rings is 1. The van der Waals surface area contributed by atoms with E-state index in [1.807, 2.05) is 25.1 Å². The summed E-state index contributed by atoms with van der Waals surface area (Å²) >= 11 is 0. The molecule has 0 bridgehead atoms. The van der Waals surface area contributed by atoms with Crippen LogP contribution in [-0.2, 0) is 0 Å². The van der Waals surface area contributed by atoms with Gasteiger partial charge in [0.05, 0.1) is 11.1 Å². The standard InChI is InChI=1S/C17H15FN2O/c1-10-5-8-12(15(21)9-10)17-19-16-13(18)3-2-4-14(16)20(17)11-6-7-11/h2-5,8-9,11,21H,6-7H2,1H3. The summed E-state index contributed by atoms with van der Waals surface area (Å²) < 4.78 is 16.1. The molecule has 1 N–H and O–H groups in total. The molecule has 0 spiro atoms. The molecule has 1 saturated carbocycles. The van der Waals surface area contributed by atoms with E-state index in [0.29, 0.717) is 22.9 Å². The summed E-state index contributed by atoms with van der Waals surface area (Å²) in [5.41, 5.74) is 2.81. The molecule has 1 aliphatic carbocycles. The van der Waals surface area contributed by atoms with Gasteiger partial charge >= 0.3 is 0 Å². The second kappa shape index (κ2) is 4.32. The molecular weight excluding hydrogens is 267 g/mol. The summed E-state index contributed by atoms with van der Waals surface area (Å²) in [5, 5.41) is 10.2. The van der Waals surface area contributed by atoms with Crippen molar-refractivity contribution in [2.45, 2.75) is 25.8 Å². The van der Waals surface area contributed by atoms with Gasteiger partial charge < -0.3 is 9.67 Å². The van der Waals surface area contributed by atoms with Gasteiger partial charge in [-0.1, -0.05) is 12.1 Å². The van der Waals surface area contributed by atoms with Crippen LogP contribution in [-0.4, -0.2) is 14.7 Å². The number of rotatable bonds is 2. The SMILES string of the molecule is Cc1ccc(-c2nc3c(F)cccc3n2C2CC2)c(O)c1. The highest BCUT2D eigenvalue weighted by Crippen LogP contribution is 2.43. The number of hydrogen-bond donors (Lipinski definition) is 1. The highest BCUT2D eigenvalue weighted by molar-refractivity contribution is 5.82. The van der Waals surface area contributed by atoms with Crippen molar-refractivity contribution >= 4 is 11.0 Å². The lowest BCUT2D eigenvalue weighted by Crippen LogP contribution is -1.97. The summed E-state index contributed by atoms with van der Waals surface area (Å²) in [6.45, 7) is 1.92. The van der Waals surface area contributed by atoms with E-state index in [-0.39, 0.29) is 11.6 Å². The topological polar surface area (TPSA) is 38.0 Å². The van der Waals surface area contributed by atoms with Crippen molar-refractivity contribution in [2.75, 3.05) is 0 Å². The van der Waals surface area contributed by atoms with E-state index in [0.717, 1.165) is 23.9 Å². The highest BCUT2D eigenvalue weighted by atomic mass is 19.1. The Morgan fingerprint density at radius 2 is 2.05 bits per heavy atom. The zero-order chi connectivity index (χ0) is 14.6. The number of aromatic hydroxyl groups is 1. The molecule has 4 rings (SSSR count). The molecule has 1 aliphatic rings. The third kappa shape index (κ3) is 1.90. The van der Waals surface area contributed by atoms with Gasteiger partial charge in [0, 0.05) is 6.04 Å². The number of aryl methyl sites for hydroxylation is 1. The van der Waals surface area contributed by atoms with Crippen LogP contribution in [0.25, 0.3) is 22.4 Å². The third-order valence-corrected chi connectivity index (χ3v) is 3.98. The number of phenols is 1. The first kappa shape index (κ1) is 12.4. The Kier molecular flexibility index (Phi) is 2.55. The molecule has 0 amide bonds. The van der Waals surface area contributed by atoms with Crippen molar-refractivity contribution in [1.29, 1.82) is 0 Å².